The molecule has 1 aliphatic heterocycles. The maximum atomic E-state index is 12.4. The standard InChI is InChI=1S/C14H20N2OS/c17-14(10-11-4-3-9-18-11)16-8-7-15-12-5-1-2-6-13(12)16/h3-4,9,12-13,15H,1-2,5-8,10H2. The van der Waals surface area contributed by atoms with Crippen molar-refractivity contribution in [1.29, 1.82) is 0 Å². The van der Waals surface area contributed by atoms with Crippen molar-refractivity contribution in [3.05, 3.63) is 22.4 Å². The fourth-order valence-electron chi connectivity index (χ4n) is 3.23. The molecule has 2 atom stereocenters. The highest BCUT2D eigenvalue weighted by atomic mass is 32.1. The molecule has 2 fully saturated rings. The summed E-state index contributed by atoms with van der Waals surface area (Å²) in [6, 6.07) is 5.07. The van der Waals surface area contributed by atoms with Crippen LogP contribution in [0.1, 0.15) is 30.6 Å². The molecule has 1 saturated carbocycles. The summed E-state index contributed by atoms with van der Waals surface area (Å²) in [5.41, 5.74) is 0. The van der Waals surface area contributed by atoms with E-state index in [4.69, 9.17) is 0 Å². The Morgan fingerprint density at radius 1 is 1.44 bits per heavy atom. The summed E-state index contributed by atoms with van der Waals surface area (Å²) in [7, 11) is 0. The van der Waals surface area contributed by atoms with Crippen LogP contribution >= 0.6 is 11.3 Å². The lowest BCUT2D eigenvalue weighted by atomic mass is 9.87. The van der Waals surface area contributed by atoms with Crippen LogP contribution in [0, 0.1) is 0 Å². The Hall–Kier alpha value is -0.870. The SMILES string of the molecule is O=C(Cc1cccs1)N1CCNC2CCCCC21. The summed E-state index contributed by atoms with van der Waals surface area (Å²) < 4.78 is 0. The minimum atomic E-state index is 0.316. The normalized spacial score (nSPS) is 27.9. The van der Waals surface area contributed by atoms with Gasteiger partial charge in [0, 0.05) is 30.1 Å². The Labute approximate surface area is 112 Å². The van der Waals surface area contributed by atoms with Crippen molar-refractivity contribution in [2.45, 2.75) is 44.2 Å². The van der Waals surface area contributed by atoms with Gasteiger partial charge in [0.2, 0.25) is 5.91 Å². The fraction of sp³-hybridized carbons (Fsp3) is 0.643. The molecule has 0 radical (unpaired) electrons. The van der Waals surface area contributed by atoms with E-state index in [1.807, 2.05) is 11.4 Å². The molecule has 1 aliphatic carbocycles. The lowest BCUT2D eigenvalue weighted by Crippen LogP contribution is -2.60. The average molecular weight is 264 g/mol. The van der Waals surface area contributed by atoms with Crippen molar-refractivity contribution in [3.63, 3.8) is 0 Å². The van der Waals surface area contributed by atoms with E-state index in [0.717, 1.165) is 13.1 Å². The Morgan fingerprint density at radius 3 is 3.17 bits per heavy atom. The first kappa shape index (κ1) is 12.2. The van der Waals surface area contributed by atoms with Crippen LogP contribution in [0.25, 0.3) is 0 Å². The molecule has 0 spiro atoms. The number of hydrogen-bond donors (Lipinski definition) is 1. The number of nitrogens with one attached hydrogen (secondary N) is 1. The van der Waals surface area contributed by atoms with Gasteiger partial charge in [-0.3, -0.25) is 4.79 Å². The molecule has 3 rings (SSSR count). The van der Waals surface area contributed by atoms with E-state index in [1.54, 1.807) is 11.3 Å². The largest absolute Gasteiger partial charge is 0.337 e. The minimum absolute atomic E-state index is 0.316. The summed E-state index contributed by atoms with van der Waals surface area (Å²) in [5, 5.41) is 5.62. The van der Waals surface area contributed by atoms with Gasteiger partial charge in [-0.1, -0.05) is 18.9 Å². The second-order valence-corrected chi connectivity index (χ2v) is 6.29. The van der Waals surface area contributed by atoms with Crippen LogP contribution in [0.5, 0.6) is 0 Å². The molecule has 1 aromatic rings. The van der Waals surface area contributed by atoms with Gasteiger partial charge >= 0.3 is 0 Å². The number of rotatable bonds is 2. The van der Waals surface area contributed by atoms with Crippen LogP contribution in [0.15, 0.2) is 17.5 Å². The quantitative estimate of drug-likeness (QED) is 0.886. The molecule has 4 heteroatoms. The predicted molar refractivity (Wildman–Crippen MR) is 73.8 cm³/mol. The van der Waals surface area contributed by atoms with Gasteiger partial charge in [0.25, 0.3) is 0 Å². The number of thiophene rings is 1. The zero-order valence-corrected chi connectivity index (χ0v) is 11.4. The van der Waals surface area contributed by atoms with E-state index < -0.39 is 0 Å². The number of hydrogen-bond acceptors (Lipinski definition) is 3. The van der Waals surface area contributed by atoms with Crippen LogP contribution in [0.2, 0.25) is 0 Å². The molecule has 1 saturated heterocycles. The molecule has 1 N–H and O–H groups in total. The van der Waals surface area contributed by atoms with Gasteiger partial charge in [-0.25, -0.2) is 0 Å². The second kappa shape index (κ2) is 5.41. The molecule has 1 aromatic heterocycles. The van der Waals surface area contributed by atoms with Crippen molar-refractivity contribution in [1.82, 2.24) is 10.2 Å². The zero-order valence-electron chi connectivity index (χ0n) is 10.6. The second-order valence-electron chi connectivity index (χ2n) is 5.26. The first-order valence-electron chi connectivity index (χ1n) is 6.90. The van der Waals surface area contributed by atoms with Gasteiger partial charge in [0.1, 0.15) is 0 Å². The van der Waals surface area contributed by atoms with Crippen LogP contribution in [0.3, 0.4) is 0 Å². The number of nitrogens with zero attached hydrogens (tertiary/aromatic N) is 1. The highest BCUT2D eigenvalue weighted by molar-refractivity contribution is 7.10. The van der Waals surface area contributed by atoms with Crippen molar-refractivity contribution < 1.29 is 4.79 Å². The van der Waals surface area contributed by atoms with E-state index >= 15 is 0 Å². The highest BCUT2D eigenvalue weighted by Gasteiger charge is 2.35. The summed E-state index contributed by atoms with van der Waals surface area (Å²) >= 11 is 1.68. The van der Waals surface area contributed by atoms with Gasteiger partial charge in [-0.05, 0) is 24.3 Å². The zero-order chi connectivity index (χ0) is 12.4. The first-order valence-corrected chi connectivity index (χ1v) is 7.78. The molecular weight excluding hydrogens is 244 g/mol. The topological polar surface area (TPSA) is 32.3 Å². The lowest BCUT2D eigenvalue weighted by Gasteiger charge is -2.44. The minimum Gasteiger partial charge on any atom is -0.337 e. The lowest BCUT2D eigenvalue weighted by molar-refractivity contribution is -0.135. The molecule has 3 nitrogen and oxygen atoms in total. The molecule has 98 valence electrons. The third-order valence-corrected chi connectivity index (χ3v) is 4.99. The molecule has 0 aromatic carbocycles. The van der Waals surface area contributed by atoms with Gasteiger partial charge in [0.05, 0.1) is 6.42 Å². The predicted octanol–water partition coefficient (Wildman–Crippen LogP) is 2.03. The number of fused-ring (bicyclic) bond motifs is 1. The van der Waals surface area contributed by atoms with Crippen molar-refractivity contribution in [2.75, 3.05) is 13.1 Å². The molecule has 2 unspecified atom stereocenters. The third-order valence-electron chi connectivity index (χ3n) is 4.11. The van der Waals surface area contributed by atoms with Gasteiger partial charge in [-0.15, -0.1) is 11.3 Å². The van der Waals surface area contributed by atoms with E-state index in [2.05, 4.69) is 16.3 Å². The smallest absolute Gasteiger partial charge is 0.228 e. The summed E-state index contributed by atoms with van der Waals surface area (Å²) in [6.45, 7) is 1.84. The van der Waals surface area contributed by atoms with Crippen LogP contribution in [-0.2, 0) is 11.2 Å². The monoisotopic (exact) mass is 264 g/mol. The van der Waals surface area contributed by atoms with Crippen molar-refractivity contribution in [2.24, 2.45) is 0 Å². The number of piperazine rings is 1. The van der Waals surface area contributed by atoms with Crippen molar-refractivity contribution >= 4 is 17.2 Å². The maximum Gasteiger partial charge on any atom is 0.228 e. The molecule has 2 aliphatic rings. The van der Waals surface area contributed by atoms with E-state index in [-0.39, 0.29) is 0 Å². The Kier molecular flexibility index (Phi) is 3.66. The van der Waals surface area contributed by atoms with Crippen LogP contribution < -0.4 is 5.32 Å². The van der Waals surface area contributed by atoms with E-state index in [0.29, 0.717) is 24.4 Å². The molecular formula is C14H20N2OS. The van der Waals surface area contributed by atoms with Crippen LogP contribution in [-0.4, -0.2) is 36.0 Å². The Bertz CT molecular complexity index is 402. The molecule has 1 amide bonds. The summed E-state index contributed by atoms with van der Waals surface area (Å²) in [4.78, 5) is 15.8. The van der Waals surface area contributed by atoms with Gasteiger partial charge < -0.3 is 10.2 Å². The van der Waals surface area contributed by atoms with Gasteiger partial charge in [-0.2, -0.15) is 0 Å². The fourth-order valence-corrected chi connectivity index (χ4v) is 3.93. The Balaban J connectivity index is 1.68. The maximum absolute atomic E-state index is 12.4. The van der Waals surface area contributed by atoms with Crippen LogP contribution in [0.4, 0.5) is 0 Å². The molecule has 0 bridgehead atoms. The third kappa shape index (κ3) is 2.45. The highest BCUT2D eigenvalue weighted by Crippen LogP contribution is 2.26. The van der Waals surface area contributed by atoms with Gasteiger partial charge in [0.15, 0.2) is 0 Å². The number of carbonyl (C=O) groups excluding carboxylic acids is 1. The number of carbonyl (C=O) groups is 1. The average Bonchev–Trinajstić information content (AvgIpc) is 2.91. The first-order chi connectivity index (χ1) is 8.84. The van der Waals surface area contributed by atoms with E-state index in [9.17, 15) is 4.79 Å². The Morgan fingerprint density at radius 2 is 2.33 bits per heavy atom. The number of amides is 1. The molecule has 2 heterocycles. The summed E-state index contributed by atoms with van der Waals surface area (Å²) in [5.74, 6) is 0.316. The molecule has 18 heavy (non-hydrogen) atoms. The van der Waals surface area contributed by atoms with E-state index in [1.165, 1.54) is 30.6 Å². The van der Waals surface area contributed by atoms with Crippen molar-refractivity contribution in [3.8, 4) is 0 Å². The summed E-state index contributed by atoms with van der Waals surface area (Å²) in [6.07, 6.45) is 5.56.